The van der Waals surface area contributed by atoms with E-state index in [1.165, 1.54) is 0 Å². The zero-order valence-corrected chi connectivity index (χ0v) is 9.22. The molecule has 0 bridgehead atoms. The SMILES string of the molecule is N[NH+]=C(N)c1ccc(-c2ccc(O)cc2)cc1. The van der Waals surface area contributed by atoms with Crippen molar-refractivity contribution in [2.24, 2.45) is 11.6 Å². The van der Waals surface area contributed by atoms with Crippen LogP contribution >= 0.6 is 0 Å². The lowest BCUT2D eigenvalue weighted by molar-refractivity contribution is -0.469. The summed E-state index contributed by atoms with van der Waals surface area (Å²) < 4.78 is 0. The van der Waals surface area contributed by atoms with Crippen LogP contribution in [0.5, 0.6) is 5.75 Å². The molecule has 0 aromatic heterocycles. The Labute approximate surface area is 99.2 Å². The van der Waals surface area contributed by atoms with E-state index in [4.69, 9.17) is 11.6 Å². The predicted molar refractivity (Wildman–Crippen MR) is 67.0 cm³/mol. The third kappa shape index (κ3) is 2.36. The monoisotopic (exact) mass is 228 g/mol. The third-order valence-corrected chi connectivity index (χ3v) is 2.55. The molecule has 2 rings (SSSR count). The first-order valence-electron chi connectivity index (χ1n) is 5.19. The quantitative estimate of drug-likeness (QED) is 0.247. The van der Waals surface area contributed by atoms with Crippen molar-refractivity contribution in [1.82, 2.24) is 0 Å². The highest BCUT2D eigenvalue weighted by molar-refractivity contribution is 5.93. The van der Waals surface area contributed by atoms with Crippen molar-refractivity contribution in [1.29, 1.82) is 0 Å². The summed E-state index contributed by atoms with van der Waals surface area (Å²) in [5, 5.41) is 11.6. The second-order valence-corrected chi connectivity index (χ2v) is 3.68. The zero-order valence-electron chi connectivity index (χ0n) is 9.22. The van der Waals surface area contributed by atoms with Crippen LogP contribution in [0.25, 0.3) is 11.1 Å². The molecule has 0 radical (unpaired) electrons. The molecule has 17 heavy (non-hydrogen) atoms. The van der Waals surface area contributed by atoms with Gasteiger partial charge in [0.1, 0.15) is 5.75 Å². The van der Waals surface area contributed by atoms with Gasteiger partial charge >= 0.3 is 0 Å². The third-order valence-electron chi connectivity index (χ3n) is 2.55. The van der Waals surface area contributed by atoms with E-state index >= 15 is 0 Å². The molecule has 4 heteroatoms. The maximum absolute atomic E-state index is 9.21. The molecule has 0 aliphatic carbocycles. The van der Waals surface area contributed by atoms with Crippen molar-refractivity contribution in [3.05, 3.63) is 54.1 Å². The van der Waals surface area contributed by atoms with Crippen LogP contribution in [-0.2, 0) is 0 Å². The van der Waals surface area contributed by atoms with Gasteiger partial charge in [-0.1, -0.05) is 24.3 Å². The standard InChI is InChI=1S/C13H13N3O/c14-13(16-15)11-3-1-9(2-4-11)10-5-7-12(17)8-6-10/h1-8,17H,15H2,(H2,14,16)/p+1. The molecule has 0 aliphatic rings. The van der Waals surface area contributed by atoms with Crippen LogP contribution in [0.1, 0.15) is 5.56 Å². The molecular weight excluding hydrogens is 214 g/mol. The number of nitrogens with one attached hydrogen (secondary N) is 1. The summed E-state index contributed by atoms with van der Waals surface area (Å²) in [4.78, 5) is 0. The second-order valence-electron chi connectivity index (χ2n) is 3.68. The van der Waals surface area contributed by atoms with Gasteiger partial charge in [0.2, 0.25) is 0 Å². The van der Waals surface area contributed by atoms with Gasteiger partial charge in [-0.3, -0.25) is 11.6 Å². The number of nitrogens with two attached hydrogens (primary N) is 2. The second kappa shape index (κ2) is 4.57. The number of amidine groups is 1. The van der Waals surface area contributed by atoms with Crippen molar-refractivity contribution < 1.29 is 10.2 Å². The molecule has 86 valence electrons. The van der Waals surface area contributed by atoms with Crippen LogP contribution in [0.4, 0.5) is 0 Å². The molecule has 0 saturated carbocycles. The molecule has 0 heterocycles. The Hall–Kier alpha value is -2.49. The highest BCUT2D eigenvalue weighted by atomic mass is 16.3. The summed E-state index contributed by atoms with van der Waals surface area (Å²) in [5.74, 6) is 5.92. The van der Waals surface area contributed by atoms with Crippen LogP contribution in [0.3, 0.4) is 0 Å². The van der Waals surface area contributed by atoms with E-state index in [2.05, 4.69) is 5.10 Å². The number of rotatable bonds is 2. The van der Waals surface area contributed by atoms with Gasteiger partial charge in [-0.15, -0.1) is 0 Å². The van der Waals surface area contributed by atoms with E-state index in [-0.39, 0.29) is 5.75 Å². The lowest BCUT2D eigenvalue weighted by Gasteiger charge is -2.02. The first-order valence-corrected chi connectivity index (χ1v) is 5.19. The average Bonchev–Trinajstić information content (AvgIpc) is 2.39. The fourth-order valence-electron chi connectivity index (χ4n) is 1.58. The van der Waals surface area contributed by atoms with Crippen molar-refractivity contribution >= 4 is 5.84 Å². The van der Waals surface area contributed by atoms with Crippen LogP contribution < -0.4 is 16.7 Å². The minimum Gasteiger partial charge on any atom is -0.508 e. The van der Waals surface area contributed by atoms with Crippen LogP contribution in [0.15, 0.2) is 48.5 Å². The van der Waals surface area contributed by atoms with Crippen LogP contribution in [0.2, 0.25) is 0 Å². The highest BCUT2D eigenvalue weighted by Gasteiger charge is 2.04. The number of phenols is 1. The normalized spacial score (nSPS) is 11.4. The number of benzene rings is 2. The maximum Gasteiger partial charge on any atom is 0.295 e. The fourth-order valence-corrected chi connectivity index (χ4v) is 1.58. The first kappa shape index (κ1) is 11.0. The number of phenolic OH excluding ortho intramolecular Hbond substituents is 1. The van der Waals surface area contributed by atoms with Gasteiger partial charge in [-0.05, 0) is 35.4 Å². The minimum absolute atomic E-state index is 0.260. The van der Waals surface area contributed by atoms with E-state index < -0.39 is 0 Å². The molecule has 0 amide bonds. The van der Waals surface area contributed by atoms with E-state index in [1.807, 2.05) is 36.4 Å². The highest BCUT2D eigenvalue weighted by Crippen LogP contribution is 2.21. The van der Waals surface area contributed by atoms with Gasteiger partial charge < -0.3 is 5.11 Å². The predicted octanol–water partition coefficient (Wildman–Crippen LogP) is -0.281. The van der Waals surface area contributed by atoms with Gasteiger partial charge in [0, 0.05) is 0 Å². The lowest BCUT2D eigenvalue weighted by Crippen LogP contribution is -2.82. The molecule has 6 N–H and O–H groups in total. The molecule has 4 nitrogen and oxygen atoms in total. The summed E-state index contributed by atoms with van der Waals surface area (Å²) >= 11 is 0. The van der Waals surface area contributed by atoms with E-state index in [0.29, 0.717) is 5.84 Å². The van der Waals surface area contributed by atoms with E-state index in [9.17, 15) is 5.11 Å². The van der Waals surface area contributed by atoms with Crippen LogP contribution in [0, 0.1) is 0 Å². The molecular formula is C13H14N3O+. The van der Waals surface area contributed by atoms with Crippen LogP contribution in [-0.4, -0.2) is 10.9 Å². The molecule has 2 aromatic rings. The number of aromatic hydroxyl groups is 1. The van der Waals surface area contributed by atoms with Crippen molar-refractivity contribution in [3.8, 4) is 16.9 Å². The first-order chi connectivity index (χ1) is 8.20. The summed E-state index contributed by atoms with van der Waals surface area (Å²) in [7, 11) is 0. The van der Waals surface area contributed by atoms with Gasteiger partial charge in [-0.2, -0.15) is 5.10 Å². The molecule has 0 saturated heterocycles. The smallest absolute Gasteiger partial charge is 0.295 e. The Bertz CT molecular complexity index is 530. The Balaban J connectivity index is 2.32. The van der Waals surface area contributed by atoms with Crippen molar-refractivity contribution in [2.75, 3.05) is 0 Å². The average molecular weight is 228 g/mol. The van der Waals surface area contributed by atoms with Gasteiger partial charge in [-0.25, -0.2) is 0 Å². The van der Waals surface area contributed by atoms with E-state index in [0.717, 1.165) is 16.7 Å². The number of hydrogen-bond donors (Lipinski definition) is 4. The summed E-state index contributed by atoms with van der Waals surface area (Å²) in [6.07, 6.45) is 0. The molecule has 0 fully saturated rings. The lowest BCUT2D eigenvalue weighted by atomic mass is 10.0. The molecule has 2 aromatic carbocycles. The number of hydrazine groups is 1. The largest absolute Gasteiger partial charge is 0.508 e. The summed E-state index contributed by atoms with van der Waals surface area (Å²) in [5.41, 5.74) is 8.58. The van der Waals surface area contributed by atoms with Gasteiger partial charge in [0.25, 0.3) is 5.84 Å². The van der Waals surface area contributed by atoms with Gasteiger partial charge in [0.15, 0.2) is 0 Å². The Morgan fingerprint density at radius 1 is 0.882 bits per heavy atom. The molecule has 0 spiro atoms. The number of hydrogen-bond acceptors (Lipinski definition) is 2. The zero-order chi connectivity index (χ0) is 12.3. The summed E-state index contributed by atoms with van der Waals surface area (Å²) in [6.45, 7) is 0. The molecule has 0 unspecified atom stereocenters. The molecule has 0 atom stereocenters. The van der Waals surface area contributed by atoms with Crippen molar-refractivity contribution in [2.45, 2.75) is 0 Å². The number of hydrazone groups is 1. The van der Waals surface area contributed by atoms with E-state index in [1.54, 1.807) is 12.1 Å². The van der Waals surface area contributed by atoms with Gasteiger partial charge in [0.05, 0.1) is 5.56 Å². The summed E-state index contributed by atoms with van der Waals surface area (Å²) in [6, 6.07) is 14.7. The van der Waals surface area contributed by atoms with Crippen molar-refractivity contribution in [3.63, 3.8) is 0 Å². The minimum atomic E-state index is 0.260. The Morgan fingerprint density at radius 2 is 1.35 bits per heavy atom. The molecule has 0 aliphatic heterocycles. The fraction of sp³-hybridized carbons (Fsp3) is 0. The Kier molecular flexibility index (Phi) is 2.96. The number of nitrogen functional groups attached to an aromatic ring is 1. The Morgan fingerprint density at radius 3 is 1.82 bits per heavy atom. The topological polar surface area (TPSA) is 86.2 Å². The maximum atomic E-state index is 9.21.